The lowest BCUT2D eigenvalue weighted by atomic mass is 10.1. The van der Waals surface area contributed by atoms with Gasteiger partial charge in [-0.1, -0.05) is 18.2 Å². The average molecular weight is 331 g/mol. The van der Waals surface area contributed by atoms with Crippen LogP contribution >= 0.6 is 0 Å². The molecule has 0 saturated carbocycles. The minimum absolute atomic E-state index is 0.0225. The highest BCUT2D eigenvalue weighted by Crippen LogP contribution is 2.20. The molecule has 1 N–H and O–H groups in total. The normalized spacial score (nSPS) is 11.9. The number of ether oxygens (including phenoxy) is 1. The number of urea groups is 1. The summed E-state index contributed by atoms with van der Waals surface area (Å²) < 4.78 is 10.8. The van der Waals surface area contributed by atoms with Gasteiger partial charge in [0, 0.05) is 13.1 Å². The first-order valence-electron chi connectivity index (χ1n) is 7.97. The van der Waals surface area contributed by atoms with Crippen LogP contribution in [0.15, 0.2) is 28.7 Å². The van der Waals surface area contributed by atoms with Crippen molar-refractivity contribution in [1.82, 2.24) is 15.2 Å². The van der Waals surface area contributed by atoms with Crippen LogP contribution in [0.4, 0.5) is 4.79 Å². The highest BCUT2D eigenvalue weighted by atomic mass is 16.5. The smallest absolute Gasteiger partial charge is 0.317 e. The Labute approximate surface area is 142 Å². The zero-order valence-corrected chi connectivity index (χ0v) is 14.9. The Morgan fingerprint density at radius 1 is 1.38 bits per heavy atom. The molecule has 0 aliphatic rings. The molecule has 0 aliphatic heterocycles. The number of hydrogen-bond acceptors (Lipinski definition) is 4. The first kappa shape index (κ1) is 17.8. The maximum atomic E-state index is 12.3. The molecule has 0 radical (unpaired) electrons. The lowest BCUT2D eigenvalue weighted by Gasteiger charge is -2.25. The number of carbonyl (C=O) groups is 1. The number of aryl methyl sites for hydroxylation is 2. The Kier molecular flexibility index (Phi) is 5.84. The van der Waals surface area contributed by atoms with Gasteiger partial charge in [0.25, 0.3) is 0 Å². The van der Waals surface area contributed by atoms with Gasteiger partial charge in [0.2, 0.25) is 5.89 Å². The summed E-state index contributed by atoms with van der Waals surface area (Å²) >= 11 is 0. The summed E-state index contributed by atoms with van der Waals surface area (Å²) in [5.74, 6) is 2.13. The summed E-state index contributed by atoms with van der Waals surface area (Å²) in [6, 6.07) is 7.70. The molecule has 1 heterocycles. The molecule has 0 unspecified atom stereocenters. The molecule has 0 fully saturated rings. The molecule has 2 rings (SSSR count). The van der Waals surface area contributed by atoms with Crippen LogP contribution in [0.3, 0.4) is 0 Å². The molecule has 0 saturated heterocycles. The fourth-order valence-corrected chi connectivity index (χ4v) is 2.42. The molecule has 0 spiro atoms. The Bertz CT molecular complexity index is 677. The number of aromatic nitrogens is 1. The van der Waals surface area contributed by atoms with Gasteiger partial charge < -0.3 is 19.4 Å². The van der Waals surface area contributed by atoms with Crippen LogP contribution in [0.5, 0.6) is 5.75 Å². The van der Waals surface area contributed by atoms with E-state index in [9.17, 15) is 4.79 Å². The van der Waals surface area contributed by atoms with Crippen LogP contribution in [0.25, 0.3) is 0 Å². The minimum Gasteiger partial charge on any atom is -0.496 e. The van der Waals surface area contributed by atoms with Gasteiger partial charge in [0.05, 0.1) is 19.3 Å². The molecule has 0 aliphatic carbocycles. The number of rotatable bonds is 6. The predicted molar refractivity (Wildman–Crippen MR) is 92.1 cm³/mol. The highest BCUT2D eigenvalue weighted by Gasteiger charge is 2.18. The first-order chi connectivity index (χ1) is 11.4. The number of nitrogens with one attached hydrogen (secondary N) is 1. The van der Waals surface area contributed by atoms with Crippen LogP contribution in [-0.4, -0.2) is 36.1 Å². The number of oxazole rings is 1. The number of methoxy groups -OCH3 is 1. The maximum absolute atomic E-state index is 12.3. The molecule has 24 heavy (non-hydrogen) atoms. The second-order valence-electron chi connectivity index (χ2n) is 5.88. The fourth-order valence-electron chi connectivity index (χ4n) is 2.42. The topological polar surface area (TPSA) is 67.6 Å². The summed E-state index contributed by atoms with van der Waals surface area (Å²) in [6.07, 6.45) is 0.713. The monoisotopic (exact) mass is 331 g/mol. The van der Waals surface area contributed by atoms with E-state index < -0.39 is 0 Å². The molecule has 1 aromatic heterocycles. The summed E-state index contributed by atoms with van der Waals surface area (Å²) in [6.45, 7) is 6.02. The van der Waals surface area contributed by atoms with Gasteiger partial charge >= 0.3 is 6.03 Å². The Morgan fingerprint density at radius 3 is 2.71 bits per heavy atom. The van der Waals surface area contributed by atoms with E-state index in [2.05, 4.69) is 10.3 Å². The minimum atomic E-state index is -0.161. The summed E-state index contributed by atoms with van der Waals surface area (Å²) in [5.41, 5.74) is 1.92. The molecule has 130 valence electrons. The third-order valence-electron chi connectivity index (χ3n) is 4.15. The summed E-state index contributed by atoms with van der Waals surface area (Å²) in [7, 11) is 3.43. The van der Waals surface area contributed by atoms with Crippen LogP contribution < -0.4 is 10.1 Å². The van der Waals surface area contributed by atoms with E-state index in [1.165, 1.54) is 0 Å². The molecule has 0 bridgehead atoms. The third-order valence-corrected chi connectivity index (χ3v) is 4.15. The van der Waals surface area contributed by atoms with E-state index in [0.29, 0.717) is 12.3 Å². The van der Waals surface area contributed by atoms with E-state index >= 15 is 0 Å². The van der Waals surface area contributed by atoms with E-state index in [1.54, 1.807) is 19.1 Å². The van der Waals surface area contributed by atoms with Gasteiger partial charge in [-0.15, -0.1) is 0 Å². The largest absolute Gasteiger partial charge is 0.496 e. The second-order valence-corrected chi connectivity index (χ2v) is 5.88. The molecule has 1 aromatic carbocycles. The van der Waals surface area contributed by atoms with Gasteiger partial charge in [-0.3, -0.25) is 0 Å². The van der Waals surface area contributed by atoms with E-state index in [1.807, 2.05) is 45.0 Å². The molecular weight excluding hydrogens is 306 g/mol. The number of amides is 2. The van der Waals surface area contributed by atoms with Crippen molar-refractivity contribution in [2.75, 3.05) is 14.2 Å². The lowest BCUT2D eigenvalue weighted by Crippen LogP contribution is -2.43. The van der Waals surface area contributed by atoms with Crippen molar-refractivity contribution in [2.45, 2.75) is 39.8 Å². The van der Waals surface area contributed by atoms with Crippen molar-refractivity contribution in [3.63, 3.8) is 0 Å². The molecule has 2 aromatic rings. The van der Waals surface area contributed by atoms with Crippen molar-refractivity contribution >= 4 is 6.03 Å². The van der Waals surface area contributed by atoms with Crippen LogP contribution in [0, 0.1) is 13.8 Å². The molecule has 6 heteroatoms. The van der Waals surface area contributed by atoms with Crippen LogP contribution in [0.1, 0.15) is 29.8 Å². The zero-order chi connectivity index (χ0) is 17.7. The first-order valence-corrected chi connectivity index (χ1v) is 7.97. The fraction of sp³-hybridized carbons (Fsp3) is 0.444. The number of carbonyl (C=O) groups excluding carboxylic acids is 1. The molecular formula is C18H25N3O3. The van der Waals surface area contributed by atoms with Crippen molar-refractivity contribution in [1.29, 1.82) is 0 Å². The number of hydrogen-bond donors (Lipinski definition) is 1. The van der Waals surface area contributed by atoms with Gasteiger partial charge in [-0.2, -0.15) is 0 Å². The third kappa shape index (κ3) is 4.28. The van der Waals surface area contributed by atoms with Crippen molar-refractivity contribution in [3.05, 3.63) is 47.2 Å². The zero-order valence-electron chi connectivity index (χ0n) is 14.9. The SMILES string of the molecule is COc1ccccc1C[C@@H](C)N(C)C(=O)NCc1nc(C)c(C)o1. The highest BCUT2D eigenvalue weighted by molar-refractivity contribution is 5.74. The molecule has 2 amide bonds. The van der Waals surface area contributed by atoms with Gasteiger partial charge in [0.15, 0.2) is 0 Å². The summed E-state index contributed by atoms with van der Waals surface area (Å²) in [5, 5.41) is 2.83. The Hall–Kier alpha value is -2.50. The van der Waals surface area contributed by atoms with Gasteiger partial charge in [0.1, 0.15) is 11.5 Å². The second kappa shape index (κ2) is 7.86. The van der Waals surface area contributed by atoms with E-state index in [-0.39, 0.29) is 18.6 Å². The van der Waals surface area contributed by atoms with Crippen molar-refractivity contribution in [3.8, 4) is 5.75 Å². The van der Waals surface area contributed by atoms with E-state index in [4.69, 9.17) is 9.15 Å². The van der Waals surface area contributed by atoms with Crippen molar-refractivity contribution < 1.29 is 13.9 Å². The Balaban J connectivity index is 1.91. The number of likely N-dealkylation sites (N-methyl/N-ethyl adjacent to an activating group) is 1. The Morgan fingerprint density at radius 2 is 2.08 bits per heavy atom. The number of para-hydroxylation sites is 1. The lowest BCUT2D eigenvalue weighted by molar-refractivity contribution is 0.192. The van der Waals surface area contributed by atoms with Crippen molar-refractivity contribution in [2.24, 2.45) is 0 Å². The molecule has 1 atom stereocenters. The average Bonchev–Trinajstić information content (AvgIpc) is 2.90. The predicted octanol–water partition coefficient (Wildman–Crippen LogP) is 3.07. The van der Waals surface area contributed by atoms with Gasteiger partial charge in [-0.05, 0) is 38.8 Å². The van der Waals surface area contributed by atoms with Crippen LogP contribution in [-0.2, 0) is 13.0 Å². The number of benzene rings is 1. The number of nitrogens with zero attached hydrogens (tertiary/aromatic N) is 2. The maximum Gasteiger partial charge on any atom is 0.317 e. The molecule has 6 nitrogen and oxygen atoms in total. The quantitative estimate of drug-likeness (QED) is 0.883. The van der Waals surface area contributed by atoms with Gasteiger partial charge in [-0.25, -0.2) is 9.78 Å². The van der Waals surface area contributed by atoms with E-state index in [0.717, 1.165) is 22.8 Å². The summed E-state index contributed by atoms with van der Waals surface area (Å²) in [4.78, 5) is 18.2. The van der Waals surface area contributed by atoms with Crippen LogP contribution in [0.2, 0.25) is 0 Å². The standard InChI is InChI=1S/C18H25N3O3/c1-12(10-15-8-6-7-9-16(15)23-5)21(4)18(22)19-11-17-20-13(2)14(3)24-17/h6-9,12H,10-11H2,1-5H3,(H,19,22)/t12-/m1/s1.